The highest BCUT2D eigenvalue weighted by Crippen LogP contribution is 2.33. The Bertz CT molecular complexity index is 941. The zero-order valence-electron chi connectivity index (χ0n) is 13.0. The number of rotatable bonds is 3. The predicted molar refractivity (Wildman–Crippen MR) is 92.3 cm³/mol. The largest absolute Gasteiger partial charge is 0.482 e. The van der Waals surface area contributed by atoms with Gasteiger partial charge in [-0.2, -0.15) is 0 Å². The number of ether oxygens (including phenoxy) is 1. The van der Waals surface area contributed by atoms with Gasteiger partial charge < -0.3 is 10.1 Å². The molecule has 2 N–H and O–H groups in total. The molecule has 6 nitrogen and oxygen atoms in total. The first kappa shape index (κ1) is 16.6. The van der Waals surface area contributed by atoms with E-state index < -0.39 is 10.0 Å². The Labute approximate surface area is 144 Å². The average molecular weight is 367 g/mol. The fourth-order valence-electron chi connectivity index (χ4n) is 2.37. The number of nitrogens with one attached hydrogen (secondary N) is 2. The Morgan fingerprint density at radius 3 is 2.62 bits per heavy atom. The van der Waals surface area contributed by atoms with E-state index in [0.717, 1.165) is 5.56 Å². The fourth-order valence-corrected chi connectivity index (χ4v) is 3.84. The van der Waals surface area contributed by atoms with Gasteiger partial charge in [-0.3, -0.25) is 9.52 Å². The van der Waals surface area contributed by atoms with Gasteiger partial charge in [-0.15, -0.1) is 0 Å². The van der Waals surface area contributed by atoms with Gasteiger partial charge in [0.15, 0.2) is 6.61 Å². The first-order valence-corrected chi connectivity index (χ1v) is 8.98. The molecular weight excluding hydrogens is 352 g/mol. The van der Waals surface area contributed by atoms with Crippen LogP contribution >= 0.6 is 11.6 Å². The summed E-state index contributed by atoms with van der Waals surface area (Å²) >= 11 is 6.03. The van der Waals surface area contributed by atoms with Crippen LogP contribution in [0.3, 0.4) is 0 Å². The maximum atomic E-state index is 12.7. The molecule has 0 bridgehead atoms. The minimum atomic E-state index is -3.82. The van der Waals surface area contributed by atoms with Gasteiger partial charge in [0, 0.05) is 11.1 Å². The summed E-state index contributed by atoms with van der Waals surface area (Å²) < 4.78 is 33.1. The van der Waals surface area contributed by atoms with Gasteiger partial charge in [-0.05, 0) is 43.2 Å². The van der Waals surface area contributed by atoms with E-state index in [1.165, 1.54) is 6.07 Å². The summed E-state index contributed by atoms with van der Waals surface area (Å²) in [6.07, 6.45) is 0. The molecule has 0 saturated carbocycles. The number of hydrogen-bond acceptors (Lipinski definition) is 4. The lowest BCUT2D eigenvalue weighted by atomic mass is 10.2. The van der Waals surface area contributed by atoms with Crippen LogP contribution in [-0.2, 0) is 14.8 Å². The van der Waals surface area contributed by atoms with Gasteiger partial charge in [0.2, 0.25) is 0 Å². The van der Waals surface area contributed by atoms with E-state index in [1.54, 1.807) is 31.2 Å². The molecule has 2 aromatic rings. The summed E-state index contributed by atoms with van der Waals surface area (Å²) in [5.74, 6) is 0.0486. The lowest BCUT2D eigenvalue weighted by Gasteiger charge is -2.20. The van der Waals surface area contributed by atoms with Crippen molar-refractivity contribution >= 4 is 38.9 Å². The van der Waals surface area contributed by atoms with Crippen molar-refractivity contribution in [3.63, 3.8) is 0 Å². The highest BCUT2D eigenvalue weighted by atomic mass is 35.5. The molecule has 1 heterocycles. The third-order valence-corrected chi connectivity index (χ3v) is 5.55. The summed E-state index contributed by atoms with van der Waals surface area (Å²) in [5.41, 5.74) is 2.18. The number of sulfonamides is 1. The van der Waals surface area contributed by atoms with Crippen LogP contribution in [0.15, 0.2) is 35.2 Å². The van der Waals surface area contributed by atoms with Crippen molar-refractivity contribution in [3.05, 3.63) is 46.5 Å². The summed E-state index contributed by atoms with van der Waals surface area (Å²) in [6.45, 7) is 3.34. The monoisotopic (exact) mass is 366 g/mol. The molecule has 0 aromatic heterocycles. The maximum Gasteiger partial charge on any atom is 0.262 e. The van der Waals surface area contributed by atoms with Crippen LogP contribution < -0.4 is 14.8 Å². The topological polar surface area (TPSA) is 84.5 Å². The van der Waals surface area contributed by atoms with Crippen LogP contribution in [0.1, 0.15) is 11.1 Å². The zero-order valence-corrected chi connectivity index (χ0v) is 14.6. The van der Waals surface area contributed by atoms with Crippen molar-refractivity contribution < 1.29 is 17.9 Å². The number of fused-ring (bicyclic) bond motifs is 1. The van der Waals surface area contributed by atoms with Crippen molar-refractivity contribution in [2.45, 2.75) is 18.7 Å². The standard InChI is InChI=1S/C16H15ClN2O4S/c1-9-3-4-11(6-12(9)17)19-24(21,22)15-7-14-13(5-10(15)2)18-16(20)8-23-14/h3-7,19H,8H2,1-2H3,(H,18,20). The number of hydrogen-bond donors (Lipinski definition) is 2. The summed E-state index contributed by atoms with van der Waals surface area (Å²) in [5, 5.41) is 3.12. The van der Waals surface area contributed by atoms with Crippen LogP contribution in [0.5, 0.6) is 5.75 Å². The summed E-state index contributed by atoms with van der Waals surface area (Å²) in [4.78, 5) is 11.4. The molecule has 1 aliphatic heterocycles. The van der Waals surface area contributed by atoms with E-state index in [9.17, 15) is 13.2 Å². The van der Waals surface area contributed by atoms with Crippen LogP contribution in [0.25, 0.3) is 0 Å². The van der Waals surface area contributed by atoms with Crippen LogP contribution in [0, 0.1) is 13.8 Å². The van der Waals surface area contributed by atoms with Gasteiger partial charge in [0.1, 0.15) is 5.75 Å². The molecule has 8 heteroatoms. The predicted octanol–water partition coefficient (Wildman–Crippen LogP) is 3.09. The second kappa shape index (κ2) is 5.99. The van der Waals surface area contributed by atoms with Crippen LogP contribution in [-0.4, -0.2) is 20.9 Å². The minimum absolute atomic E-state index is 0.0779. The van der Waals surface area contributed by atoms with Gasteiger partial charge in [-0.25, -0.2) is 8.42 Å². The first-order valence-electron chi connectivity index (χ1n) is 7.12. The van der Waals surface area contributed by atoms with Crippen molar-refractivity contribution in [1.29, 1.82) is 0 Å². The molecule has 126 valence electrons. The van der Waals surface area contributed by atoms with Crippen LogP contribution in [0.2, 0.25) is 5.02 Å². The fraction of sp³-hybridized carbons (Fsp3) is 0.188. The molecule has 1 aliphatic rings. The molecule has 0 aliphatic carbocycles. The van der Waals surface area contributed by atoms with Crippen molar-refractivity contribution in [3.8, 4) is 5.75 Å². The molecule has 2 aromatic carbocycles. The Kier molecular flexibility index (Phi) is 4.15. The molecular formula is C16H15ClN2O4S. The molecule has 3 rings (SSSR count). The van der Waals surface area contributed by atoms with E-state index in [-0.39, 0.29) is 17.4 Å². The minimum Gasteiger partial charge on any atom is -0.482 e. The molecule has 0 unspecified atom stereocenters. The van der Waals surface area contributed by atoms with E-state index in [1.807, 2.05) is 6.92 Å². The highest BCUT2D eigenvalue weighted by Gasteiger charge is 2.23. The molecule has 24 heavy (non-hydrogen) atoms. The SMILES string of the molecule is Cc1ccc(NS(=O)(=O)c2cc3c(cc2C)NC(=O)CO3)cc1Cl. The Morgan fingerprint density at radius 1 is 1.17 bits per heavy atom. The van der Waals surface area contributed by atoms with Gasteiger partial charge in [-0.1, -0.05) is 17.7 Å². The average Bonchev–Trinajstić information content (AvgIpc) is 2.49. The Balaban J connectivity index is 1.97. The van der Waals surface area contributed by atoms with Gasteiger partial charge >= 0.3 is 0 Å². The summed E-state index contributed by atoms with van der Waals surface area (Å²) in [6, 6.07) is 7.91. The van der Waals surface area contributed by atoms with E-state index in [0.29, 0.717) is 27.7 Å². The summed E-state index contributed by atoms with van der Waals surface area (Å²) in [7, 11) is -3.82. The molecule has 0 spiro atoms. The Morgan fingerprint density at radius 2 is 1.92 bits per heavy atom. The number of carbonyl (C=O) groups is 1. The van der Waals surface area contributed by atoms with E-state index in [2.05, 4.69) is 10.0 Å². The zero-order chi connectivity index (χ0) is 17.5. The number of halogens is 1. The number of amides is 1. The Hall–Kier alpha value is -2.25. The highest BCUT2D eigenvalue weighted by molar-refractivity contribution is 7.92. The normalized spacial score (nSPS) is 13.7. The van der Waals surface area contributed by atoms with Gasteiger partial charge in [0.25, 0.3) is 15.9 Å². The van der Waals surface area contributed by atoms with Crippen molar-refractivity contribution in [2.75, 3.05) is 16.6 Å². The lowest BCUT2D eigenvalue weighted by molar-refractivity contribution is -0.118. The quantitative estimate of drug-likeness (QED) is 0.874. The van der Waals surface area contributed by atoms with Gasteiger partial charge in [0.05, 0.1) is 16.3 Å². The molecule has 1 amide bonds. The van der Waals surface area contributed by atoms with E-state index in [4.69, 9.17) is 16.3 Å². The molecule has 0 fully saturated rings. The first-order chi connectivity index (χ1) is 11.3. The van der Waals surface area contributed by atoms with E-state index >= 15 is 0 Å². The molecule has 0 saturated heterocycles. The maximum absolute atomic E-state index is 12.7. The van der Waals surface area contributed by atoms with Crippen molar-refractivity contribution in [1.82, 2.24) is 0 Å². The second-order valence-electron chi connectivity index (χ2n) is 5.52. The van der Waals surface area contributed by atoms with Crippen LogP contribution in [0.4, 0.5) is 11.4 Å². The lowest BCUT2D eigenvalue weighted by Crippen LogP contribution is -2.26. The van der Waals surface area contributed by atoms with Crippen molar-refractivity contribution in [2.24, 2.45) is 0 Å². The third-order valence-electron chi connectivity index (χ3n) is 3.62. The second-order valence-corrected chi connectivity index (χ2v) is 7.58. The molecule has 0 radical (unpaired) electrons. The smallest absolute Gasteiger partial charge is 0.262 e. The number of anilines is 2. The number of benzene rings is 2. The number of aryl methyl sites for hydroxylation is 2. The number of carbonyl (C=O) groups excluding carboxylic acids is 1. The third kappa shape index (κ3) is 3.18. The molecule has 0 atom stereocenters.